The first-order valence-corrected chi connectivity index (χ1v) is 7.18. The number of allylic oxidation sites excluding steroid dienone is 1. The highest BCUT2D eigenvalue weighted by Crippen LogP contribution is 2.51. The van der Waals surface area contributed by atoms with Crippen molar-refractivity contribution in [2.24, 2.45) is 5.41 Å². The van der Waals surface area contributed by atoms with Crippen molar-refractivity contribution < 1.29 is 0 Å². The molecule has 0 aromatic heterocycles. The molecule has 1 saturated carbocycles. The zero-order valence-electron chi connectivity index (χ0n) is 11.0. The van der Waals surface area contributed by atoms with E-state index in [1.807, 2.05) is 0 Å². The van der Waals surface area contributed by atoms with Crippen LogP contribution in [-0.2, 0) is 0 Å². The smallest absolute Gasteiger partial charge is 0.0333 e. The quantitative estimate of drug-likeness (QED) is 0.691. The molecule has 0 aromatic rings. The summed E-state index contributed by atoms with van der Waals surface area (Å²) in [7, 11) is 0. The number of hydrogen-bond acceptors (Lipinski definition) is 1. The average Bonchev–Trinajstić information content (AvgIpc) is 3.04. The highest BCUT2D eigenvalue weighted by atomic mass is 14.9. The van der Waals surface area contributed by atoms with E-state index in [4.69, 9.17) is 0 Å². The molecule has 2 aliphatic rings. The van der Waals surface area contributed by atoms with Gasteiger partial charge in [0.2, 0.25) is 0 Å². The summed E-state index contributed by atoms with van der Waals surface area (Å²) in [6, 6.07) is 0.686. The monoisotopic (exact) mass is 221 g/mol. The van der Waals surface area contributed by atoms with Crippen molar-refractivity contribution in [1.82, 2.24) is 5.32 Å². The lowest BCUT2D eigenvalue weighted by atomic mass is 9.89. The minimum absolute atomic E-state index is 0.589. The van der Waals surface area contributed by atoms with Crippen LogP contribution >= 0.6 is 0 Å². The molecule has 92 valence electrons. The largest absolute Gasteiger partial charge is 0.310 e. The summed E-state index contributed by atoms with van der Waals surface area (Å²) in [5.41, 5.74) is 2.32. The first kappa shape index (κ1) is 12.2. The normalized spacial score (nSPS) is 25.8. The maximum Gasteiger partial charge on any atom is 0.0333 e. The minimum Gasteiger partial charge on any atom is -0.310 e. The second kappa shape index (κ2) is 5.35. The van der Waals surface area contributed by atoms with Gasteiger partial charge >= 0.3 is 0 Å². The van der Waals surface area contributed by atoms with Gasteiger partial charge in [-0.1, -0.05) is 31.9 Å². The fraction of sp³-hybridized carbons (Fsp3) is 0.867. The summed E-state index contributed by atoms with van der Waals surface area (Å²) in [4.78, 5) is 0. The number of nitrogens with one attached hydrogen (secondary N) is 1. The highest BCUT2D eigenvalue weighted by molar-refractivity contribution is 5.20. The van der Waals surface area contributed by atoms with Gasteiger partial charge in [0.25, 0.3) is 0 Å². The van der Waals surface area contributed by atoms with E-state index in [1.54, 1.807) is 5.57 Å². The van der Waals surface area contributed by atoms with Gasteiger partial charge in [0, 0.05) is 6.04 Å². The third-order valence-corrected chi connectivity index (χ3v) is 4.28. The average molecular weight is 221 g/mol. The molecule has 2 rings (SSSR count). The molecule has 0 aromatic carbocycles. The summed E-state index contributed by atoms with van der Waals surface area (Å²) in [6.07, 6.45) is 13.5. The first-order valence-electron chi connectivity index (χ1n) is 7.18. The summed E-state index contributed by atoms with van der Waals surface area (Å²) in [5, 5.41) is 3.80. The van der Waals surface area contributed by atoms with Gasteiger partial charge in [-0.2, -0.15) is 0 Å². The van der Waals surface area contributed by atoms with Crippen molar-refractivity contribution in [3.05, 3.63) is 11.6 Å². The van der Waals surface area contributed by atoms with E-state index in [9.17, 15) is 0 Å². The van der Waals surface area contributed by atoms with Gasteiger partial charge in [-0.3, -0.25) is 0 Å². The van der Waals surface area contributed by atoms with Crippen molar-refractivity contribution in [3.8, 4) is 0 Å². The van der Waals surface area contributed by atoms with Crippen molar-refractivity contribution in [2.75, 3.05) is 6.54 Å². The molecule has 0 radical (unpaired) electrons. The Labute approximate surface area is 101 Å². The lowest BCUT2D eigenvalue weighted by Crippen LogP contribution is -2.38. The topological polar surface area (TPSA) is 12.0 Å². The van der Waals surface area contributed by atoms with Crippen LogP contribution in [0.15, 0.2) is 11.6 Å². The summed E-state index contributed by atoms with van der Waals surface area (Å²) in [5.74, 6) is 0. The molecule has 2 aliphatic carbocycles. The van der Waals surface area contributed by atoms with Gasteiger partial charge in [-0.15, -0.1) is 0 Å². The van der Waals surface area contributed by atoms with Crippen LogP contribution in [0.1, 0.15) is 65.2 Å². The van der Waals surface area contributed by atoms with Gasteiger partial charge in [0.15, 0.2) is 0 Å². The molecule has 0 amide bonds. The van der Waals surface area contributed by atoms with Crippen molar-refractivity contribution >= 4 is 0 Å². The Hall–Kier alpha value is -0.300. The molecular formula is C15H27N. The summed E-state index contributed by atoms with van der Waals surface area (Å²) >= 11 is 0. The molecule has 0 aliphatic heterocycles. The molecule has 1 atom stereocenters. The molecule has 0 bridgehead atoms. The molecule has 1 heteroatoms. The second-order valence-corrected chi connectivity index (χ2v) is 5.92. The van der Waals surface area contributed by atoms with E-state index >= 15 is 0 Å². The molecule has 1 N–H and O–H groups in total. The maximum absolute atomic E-state index is 3.80. The first-order chi connectivity index (χ1) is 7.76. The molecule has 1 unspecified atom stereocenters. The van der Waals surface area contributed by atoms with Gasteiger partial charge in [0.1, 0.15) is 0 Å². The van der Waals surface area contributed by atoms with E-state index in [1.165, 1.54) is 57.9 Å². The molecule has 1 nitrogen and oxygen atoms in total. The maximum atomic E-state index is 3.80. The van der Waals surface area contributed by atoms with Crippen LogP contribution < -0.4 is 5.32 Å². The van der Waals surface area contributed by atoms with Gasteiger partial charge in [-0.05, 0) is 56.9 Å². The third kappa shape index (κ3) is 2.88. The Bertz CT molecular complexity index is 250. The Morgan fingerprint density at radius 3 is 2.81 bits per heavy atom. The standard InChI is InChI=1S/C15H27N/c1-3-12-16-14(15(2)10-11-15)13-8-6-4-5-7-9-13/h8,14,16H,3-7,9-12H2,1-2H3. The van der Waals surface area contributed by atoms with E-state index in [0.717, 1.165) is 0 Å². The predicted octanol–water partition coefficient (Wildman–Crippen LogP) is 4.05. The molecule has 16 heavy (non-hydrogen) atoms. The van der Waals surface area contributed by atoms with E-state index in [0.29, 0.717) is 11.5 Å². The van der Waals surface area contributed by atoms with Crippen LogP contribution in [0.4, 0.5) is 0 Å². The van der Waals surface area contributed by atoms with Crippen LogP contribution in [0.25, 0.3) is 0 Å². The van der Waals surface area contributed by atoms with Gasteiger partial charge in [-0.25, -0.2) is 0 Å². The zero-order chi connectivity index (χ0) is 11.4. The van der Waals surface area contributed by atoms with Crippen molar-refractivity contribution in [1.29, 1.82) is 0 Å². The fourth-order valence-corrected chi connectivity index (χ4v) is 2.90. The van der Waals surface area contributed by atoms with Gasteiger partial charge < -0.3 is 5.32 Å². The molecule has 1 fully saturated rings. The van der Waals surface area contributed by atoms with E-state index < -0.39 is 0 Å². The van der Waals surface area contributed by atoms with Gasteiger partial charge in [0.05, 0.1) is 0 Å². The fourth-order valence-electron chi connectivity index (χ4n) is 2.90. The Morgan fingerprint density at radius 2 is 2.12 bits per heavy atom. The molecule has 0 saturated heterocycles. The lowest BCUT2D eigenvalue weighted by Gasteiger charge is -2.27. The third-order valence-electron chi connectivity index (χ3n) is 4.28. The van der Waals surface area contributed by atoms with Crippen LogP contribution in [0.2, 0.25) is 0 Å². The van der Waals surface area contributed by atoms with E-state index in [2.05, 4.69) is 25.2 Å². The summed E-state index contributed by atoms with van der Waals surface area (Å²) in [6.45, 7) is 5.91. The predicted molar refractivity (Wildman–Crippen MR) is 70.6 cm³/mol. The highest BCUT2D eigenvalue weighted by Gasteiger charge is 2.45. The van der Waals surface area contributed by atoms with Crippen LogP contribution in [0.5, 0.6) is 0 Å². The van der Waals surface area contributed by atoms with Crippen LogP contribution in [0, 0.1) is 5.41 Å². The Morgan fingerprint density at radius 1 is 1.31 bits per heavy atom. The van der Waals surface area contributed by atoms with Crippen LogP contribution in [-0.4, -0.2) is 12.6 Å². The molecule has 0 spiro atoms. The van der Waals surface area contributed by atoms with Crippen molar-refractivity contribution in [3.63, 3.8) is 0 Å². The zero-order valence-corrected chi connectivity index (χ0v) is 11.0. The molecule has 0 heterocycles. The number of rotatable bonds is 5. The minimum atomic E-state index is 0.589. The van der Waals surface area contributed by atoms with Crippen molar-refractivity contribution in [2.45, 2.75) is 71.3 Å². The number of hydrogen-bond donors (Lipinski definition) is 1. The Balaban J connectivity index is 2.01. The second-order valence-electron chi connectivity index (χ2n) is 5.92. The van der Waals surface area contributed by atoms with Crippen LogP contribution in [0.3, 0.4) is 0 Å². The van der Waals surface area contributed by atoms with E-state index in [-0.39, 0.29) is 0 Å². The lowest BCUT2D eigenvalue weighted by molar-refractivity contribution is 0.390. The molecular weight excluding hydrogens is 194 g/mol. The SMILES string of the molecule is CCCNC(C1=CCCCCC1)C1(C)CC1. The summed E-state index contributed by atoms with van der Waals surface area (Å²) < 4.78 is 0. The Kier molecular flexibility index (Phi) is 4.07.